The summed E-state index contributed by atoms with van der Waals surface area (Å²) < 4.78 is 0. The lowest BCUT2D eigenvalue weighted by Gasteiger charge is -1.96. The number of aromatic nitrogens is 1. The van der Waals surface area contributed by atoms with Gasteiger partial charge in [-0.1, -0.05) is 30.3 Å². The van der Waals surface area contributed by atoms with E-state index in [2.05, 4.69) is 11.1 Å². The molecule has 0 fully saturated rings. The molecule has 0 amide bonds. The molecule has 0 radical (unpaired) electrons. The van der Waals surface area contributed by atoms with E-state index in [4.69, 9.17) is 5.26 Å². The van der Waals surface area contributed by atoms with E-state index in [0.29, 0.717) is 5.56 Å². The molecule has 2 aromatic rings. The van der Waals surface area contributed by atoms with Crippen molar-refractivity contribution >= 4 is 12.2 Å². The summed E-state index contributed by atoms with van der Waals surface area (Å²) in [7, 11) is 0. The number of nitrogens with zero attached hydrogens (tertiary/aromatic N) is 2. The minimum absolute atomic E-state index is 0.676. The van der Waals surface area contributed by atoms with E-state index in [0.717, 1.165) is 11.3 Å². The number of pyridine rings is 1. The molecule has 0 spiro atoms. The van der Waals surface area contributed by atoms with Gasteiger partial charge >= 0.3 is 0 Å². The zero-order chi connectivity index (χ0) is 11.2. The predicted molar refractivity (Wildman–Crippen MR) is 64.3 cm³/mol. The van der Waals surface area contributed by atoms with Crippen molar-refractivity contribution in [2.75, 3.05) is 0 Å². The van der Waals surface area contributed by atoms with Crippen LogP contribution in [0.3, 0.4) is 0 Å². The molecule has 0 aliphatic rings. The van der Waals surface area contributed by atoms with Crippen LogP contribution >= 0.6 is 0 Å². The Morgan fingerprint density at radius 2 is 1.81 bits per heavy atom. The first kappa shape index (κ1) is 10.1. The summed E-state index contributed by atoms with van der Waals surface area (Å²) in [5.41, 5.74) is 2.47. The maximum Gasteiger partial charge on any atom is 0.0997 e. The van der Waals surface area contributed by atoms with E-state index in [-0.39, 0.29) is 0 Å². The SMILES string of the molecule is N#Cc1ccccc1/C=C/c1ccccn1. The molecule has 2 nitrogen and oxygen atoms in total. The molecule has 0 saturated carbocycles. The lowest BCUT2D eigenvalue weighted by atomic mass is 10.1. The lowest BCUT2D eigenvalue weighted by Crippen LogP contribution is -1.81. The van der Waals surface area contributed by atoms with Gasteiger partial charge in [0.05, 0.1) is 17.3 Å². The Labute approximate surface area is 94.5 Å². The standard InChI is InChI=1S/C14H10N2/c15-11-13-6-2-1-5-12(13)8-9-14-7-3-4-10-16-14/h1-10H/b9-8+. The average molecular weight is 206 g/mol. The molecule has 1 aromatic heterocycles. The summed E-state index contributed by atoms with van der Waals surface area (Å²) in [5, 5.41) is 8.92. The molecule has 0 bridgehead atoms. The van der Waals surface area contributed by atoms with E-state index < -0.39 is 0 Å². The van der Waals surface area contributed by atoms with E-state index in [1.165, 1.54) is 0 Å². The number of rotatable bonds is 2. The van der Waals surface area contributed by atoms with Gasteiger partial charge < -0.3 is 0 Å². The van der Waals surface area contributed by atoms with Crippen molar-refractivity contribution in [2.24, 2.45) is 0 Å². The quantitative estimate of drug-likeness (QED) is 0.756. The second-order valence-electron chi connectivity index (χ2n) is 3.29. The molecule has 2 rings (SSSR count). The highest BCUT2D eigenvalue weighted by atomic mass is 14.6. The van der Waals surface area contributed by atoms with Gasteiger partial charge in [-0.25, -0.2) is 0 Å². The molecule has 0 N–H and O–H groups in total. The summed E-state index contributed by atoms with van der Waals surface area (Å²) in [6.07, 6.45) is 5.55. The normalized spacial score (nSPS) is 10.2. The minimum Gasteiger partial charge on any atom is -0.257 e. The van der Waals surface area contributed by atoms with Crippen molar-refractivity contribution in [3.63, 3.8) is 0 Å². The van der Waals surface area contributed by atoms with Crippen molar-refractivity contribution in [3.05, 3.63) is 65.5 Å². The summed E-state index contributed by atoms with van der Waals surface area (Å²) in [4.78, 5) is 4.18. The van der Waals surface area contributed by atoms with Crippen molar-refractivity contribution in [1.82, 2.24) is 4.98 Å². The summed E-state index contributed by atoms with van der Waals surface area (Å²) in [6.45, 7) is 0. The van der Waals surface area contributed by atoms with Gasteiger partial charge in [0.1, 0.15) is 0 Å². The van der Waals surface area contributed by atoms with Gasteiger partial charge in [-0.3, -0.25) is 4.98 Å². The fraction of sp³-hybridized carbons (Fsp3) is 0. The first-order valence-electron chi connectivity index (χ1n) is 4.98. The molecule has 0 atom stereocenters. The molecule has 0 unspecified atom stereocenters. The van der Waals surface area contributed by atoms with E-state index in [9.17, 15) is 0 Å². The van der Waals surface area contributed by atoms with Crippen LogP contribution in [-0.4, -0.2) is 4.98 Å². The Morgan fingerprint density at radius 1 is 1.00 bits per heavy atom. The van der Waals surface area contributed by atoms with Gasteiger partial charge in [-0.15, -0.1) is 0 Å². The van der Waals surface area contributed by atoms with Crippen LogP contribution < -0.4 is 0 Å². The van der Waals surface area contributed by atoms with Crippen LogP contribution in [-0.2, 0) is 0 Å². The molecule has 0 aliphatic heterocycles. The Bertz CT molecular complexity index is 536. The van der Waals surface area contributed by atoms with Crippen molar-refractivity contribution < 1.29 is 0 Å². The first-order valence-corrected chi connectivity index (χ1v) is 4.98. The Morgan fingerprint density at radius 3 is 2.56 bits per heavy atom. The van der Waals surface area contributed by atoms with Gasteiger partial charge in [0.15, 0.2) is 0 Å². The minimum atomic E-state index is 0.676. The van der Waals surface area contributed by atoms with Gasteiger partial charge in [0.2, 0.25) is 0 Å². The molecular formula is C14H10N2. The van der Waals surface area contributed by atoms with Crippen LogP contribution in [0.5, 0.6) is 0 Å². The van der Waals surface area contributed by atoms with Crippen LogP contribution in [0.25, 0.3) is 12.2 Å². The fourth-order valence-electron chi connectivity index (χ4n) is 1.39. The summed E-state index contributed by atoms with van der Waals surface area (Å²) in [5.74, 6) is 0. The second kappa shape index (κ2) is 4.90. The number of benzene rings is 1. The fourth-order valence-corrected chi connectivity index (χ4v) is 1.39. The Hall–Kier alpha value is -2.40. The van der Waals surface area contributed by atoms with Gasteiger partial charge in [-0.2, -0.15) is 5.26 Å². The Kier molecular flexibility index (Phi) is 3.10. The van der Waals surface area contributed by atoms with E-state index in [1.54, 1.807) is 12.3 Å². The van der Waals surface area contributed by atoms with E-state index >= 15 is 0 Å². The summed E-state index contributed by atoms with van der Waals surface area (Å²) >= 11 is 0. The number of hydrogen-bond acceptors (Lipinski definition) is 2. The molecule has 1 heterocycles. The number of nitriles is 1. The molecule has 0 saturated heterocycles. The summed E-state index contributed by atoms with van der Waals surface area (Å²) in [6, 6.07) is 15.4. The monoisotopic (exact) mass is 206 g/mol. The van der Waals surface area contributed by atoms with Crippen molar-refractivity contribution in [1.29, 1.82) is 5.26 Å². The number of hydrogen-bond donors (Lipinski definition) is 0. The van der Waals surface area contributed by atoms with Gasteiger partial charge in [0, 0.05) is 6.20 Å². The maximum atomic E-state index is 8.92. The van der Waals surface area contributed by atoms with Crippen molar-refractivity contribution in [3.8, 4) is 6.07 Å². The largest absolute Gasteiger partial charge is 0.257 e. The average Bonchev–Trinajstić information content (AvgIpc) is 2.38. The van der Waals surface area contributed by atoms with Crippen LogP contribution in [0, 0.1) is 11.3 Å². The van der Waals surface area contributed by atoms with Crippen molar-refractivity contribution in [2.45, 2.75) is 0 Å². The molecule has 2 heteroatoms. The van der Waals surface area contributed by atoms with Crippen LogP contribution in [0.2, 0.25) is 0 Å². The van der Waals surface area contributed by atoms with Crippen LogP contribution in [0.4, 0.5) is 0 Å². The molecular weight excluding hydrogens is 196 g/mol. The first-order chi connectivity index (χ1) is 7.90. The predicted octanol–water partition coefficient (Wildman–Crippen LogP) is 3.12. The van der Waals surface area contributed by atoms with Crippen LogP contribution in [0.1, 0.15) is 16.8 Å². The second-order valence-corrected chi connectivity index (χ2v) is 3.29. The lowest BCUT2D eigenvalue weighted by molar-refractivity contribution is 1.30. The zero-order valence-electron chi connectivity index (χ0n) is 8.67. The smallest absolute Gasteiger partial charge is 0.0997 e. The molecule has 16 heavy (non-hydrogen) atoms. The third-order valence-corrected chi connectivity index (χ3v) is 2.20. The molecule has 76 valence electrons. The third kappa shape index (κ3) is 2.34. The molecule has 0 aliphatic carbocycles. The van der Waals surface area contributed by atoms with Crippen LogP contribution in [0.15, 0.2) is 48.7 Å². The Balaban J connectivity index is 2.28. The third-order valence-electron chi connectivity index (χ3n) is 2.20. The molecule has 1 aromatic carbocycles. The highest BCUT2D eigenvalue weighted by Gasteiger charge is 1.95. The zero-order valence-corrected chi connectivity index (χ0v) is 8.67. The highest BCUT2D eigenvalue weighted by Crippen LogP contribution is 2.11. The topological polar surface area (TPSA) is 36.7 Å². The highest BCUT2D eigenvalue weighted by molar-refractivity contribution is 5.71. The maximum absolute atomic E-state index is 8.92. The van der Waals surface area contributed by atoms with Gasteiger partial charge in [0.25, 0.3) is 0 Å². The van der Waals surface area contributed by atoms with Gasteiger partial charge in [-0.05, 0) is 29.8 Å². The van der Waals surface area contributed by atoms with E-state index in [1.807, 2.05) is 48.6 Å².